The van der Waals surface area contributed by atoms with Crippen molar-refractivity contribution >= 4 is 5.78 Å². The van der Waals surface area contributed by atoms with Crippen LogP contribution in [-0.2, 0) is 23.7 Å². The van der Waals surface area contributed by atoms with Crippen LogP contribution < -0.4 is 0 Å². The highest BCUT2D eigenvalue weighted by Gasteiger charge is 2.92. The molecule has 0 radical (unpaired) electrons. The lowest BCUT2D eigenvalue weighted by atomic mass is 9.23. The molecule has 3 saturated heterocycles. The number of hydrogen-bond donors (Lipinski definition) is 2. The van der Waals surface area contributed by atoms with Gasteiger partial charge in [-0.05, 0) is 81.1 Å². The SMILES string of the molecule is C=C1C2C(=O)[C@]34[C@H]2[C@H]1CC[C@H]3[C@@]12CO[C@]4(OC(C)(C)O)[C@@H](O)[C@@H]1C(C)(C)CC1=C2O[C@@H]2OCCC[C@@H]2C1. The van der Waals surface area contributed by atoms with Gasteiger partial charge in [-0.2, -0.15) is 0 Å². The lowest BCUT2D eigenvalue weighted by Gasteiger charge is -2.83. The number of ether oxygens (including phenoxy) is 4. The van der Waals surface area contributed by atoms with E-state index in [1.54, 1.807) is 13.8 Å². The molecule has 0 aromatic rings. The van der Waals surface area contributed by atoms with Gasteiger partial charge in [0.2, 0.25) is 12.1 Å². The quantitative estimate of drug-likeness (QED) is 0.431. The van der Waals surface area contributed by atoms with E-state index in [2.05, 4.69) is 20.4 Å². The molecule has 2 spiro atoms. The number of fused-ring (bicyclic) bond motifs is 2. The Balaban J connectivity index is 1.37. The van der Waals surface area contributed by atoms with E-state index in [1.165, 1.54) is 5.57 Å². The van der Waals surface area contributed by atoms with Crippen molar-refractivity contribution in [1.82, 2.24) is 0 Å². The van der Waals surface area contributed by atoms with Gasteiger partial charge in [-0.3, -0.25) is 4.79 Å². The molecule has 1 unspecified atom stereocenters. The molecule has 37 heavy (non-hydrogen) atoms. The van der Waals surface area contributed by atoms with Crippen molar-refractivity contribution < 1.29 is 34.0 Å². The zero-order valence-electron chi connectivity index (χ0n) is 22.4. The molecule has 7 fully saturated rings. The number of carbonyl (C=O) groups is 1. The van der Waals surface area contributed by atoms with Gasteiger partial charge < -0.3 is 29.2 Å². The summed E-state index contributed by atoms with van der Waals surface area (Å²) in [6, 6.07) is 0. The number of allylic oxidation sites excluding steroid dienone is 2. The topological polar surface area (TPSA) is 94.5 Å². The second-order valence-electron chi connectivity index (χ2n) is 14.6. The molecule has 7 heteroatoms. The van der Waals surface area contributed by atoms with Gasteiger partial charge in [0.05, 0.1) is 24.0 Å². The number of rotatable bonds is 2. The zero-order valence-corrected chi connectivity index (χ0v) is 22.4. The van der Waals surface area contributed by atoms with Gasteiger partial charge in [0, 0.05) is 17.8 Å². The van der Waals surface area contributed by atoms with Crippen molar-refractivity contribution in [2.24, 2.45) is 51.8 Å². The van der Waals surface area contributed by atoms with Crippen molar-refractivity contribution in [1.29, 1.82) is 0 Å². The van der Waals surface area contributed by atoms with E-state index < -0.39 is 28.5 Å². The van der Waals surface area contributed by atoms with Gasteiger partial charge in [0.15, 0.2) is 11.6 Å². The summed E-state index contributed by atoms with van der Waals surface area (Å²) >= 11 is 0. The van der Waals surface area contributed by atoms with E-state index in [-0.39, 0.29) is 47.1 Å². The third-order valence-electron chi connectivity index (χ3n) is 12.0. The maximum absolute atomic E-state index is 14.4. The Morgan fingerprint density at radius 3 is 2.73 bits per heavy atom. The maximum Gasteiger partial charge on any atom is 0.211 e. The van der Waals surface area contributed by atoms with Gasteiger partial charge in [0.1, 0.15) is 11.9 Å². The average molecular weight is 513 g/mol. The molecule has 4 saturated carbocycles. The van der Waals surface area contributed by atoms with E-state index in [0.717, 1.165) is 49.9 Å². The molecule has 9 aliphatic rings. The van der Waals surface area contributed by atoms with Crippen LogP contribution >= 0.6 is 0 Å². The van der Waals surface area contributed by atoms with Crippen LogP contribution in [0.4, 0.5) is 0 Å². The average Bonchev–Trinajstić information content (AvgIpc) is 2.81. The van der Waals surface area contributed by atoms with Crippen molar-refractivity contribution in [3.05, 3.63) is 23.5 Å². The number of hydrogen-bond acceptors (Lipinski definition) is 7. The van der Waals surface area contributed by atoms with Crippen LogP contribution in [0.3, 0.4) is 0 Å². The summed E-state index contributed by atoms with van der Waals surface area (Å²) < 4.78 is 26.2. The first-order chi connectivity index (χ1) is 17.4. The van der Waals surface area contributed by atoms with Crippen LogP contribution in [-0.4, -0.2) is 53.2 Å². The maximum atomic E-state index is 14.4. The molecule has 2 bridgehead atoms. The normalized spacial score (nSPS) is 54.5. The number of Topliss-reactive ketones (excluding diaryl/α,β-unsaturated/α-hetero) is 1. The molecular weight excluding hydrogens is 472 g/mol. The van der Waals surface area contributed by atoms with Gasteiger partial charge in [-0.15, -0.1) is 0 Å². The monoisotopic (exact) mass is 512 g/mol. The van der Waals surface area contributed by atoms with Crippen LogP contribution in [0.1, 0.15) is 66.2 Å². The molecule has 0 aromatic carbocycles. The third kappa shape index (κ3) is 2.36. The predicted molar refractivity (Wildman–Crippen MR) is 131 cm³/mol. The molecule has 0 aromatic heterocycles. The summed E-state index contributed by atoms with van der Waals surface area (Å²) in [4.78, 5) is 14.4. The summed E-state index contributed by atoms with van der Waals surface area (Å²) in [5.74, 6) is -2.06. The van der Waals surface area contributed by atoms with Crippen LogP contribution in [0.2, 0.25) is 0 Å². The van der Waals surface area contributed by atoms with E-state index >= 15 is 0 Å². The van der Waals surface area contributed by atoms with Crippen LogP contribution in [0, 0.1) is 51.8 Å². The van der Waals surface area contributed by atoms with Crippen molar-refractivity contribution in [3.63, 3.8) is 0 Å². The minimum atomic E-state index is -1.59. The molecule has 11 atom stereocenters. The molecule has 4 aliphatic heterocycles. The number of aliphatic hydroxyl groups excluding tert-OH is 1. The second-order valence-corrected chi connectivity index (χ2v) is 14.6. The van der Waals surface area contributed by atoms with Gasteiger partial charge >= 0.3 is 0 Å². The Kier molecular flexibility index (Phi) is 4.29. The first-order valence-electron chi connectivity index (χ1n) is 14.4. The summed E-state index contributed by atoms with van der Waals surface area (Å²) in [5.41, 5.74) is 0.430. The molecule has 7 nitrogen and oxygen atoms in total. The Morgan fingerprint density at radius 1 is 1.19 bits per heavy atom. The summed E-state index contributed by atoms with van der Waals surface area (Å²) in [5, 5.41) is 23.4. The summed E-state index contributed by atoms with van der Waals surface area (Å²) in [6.07, 6.45) is 4.37. The predicted octanol–water partition coefficient (Wildman–Crippen LogP) is 3.69. The highest BCUT2D eigenvalue weighted by Crippen LogP contribution is 2.85. The Bertz CT molecular complexity index is 1150. The van der Waals surface area contributed by atoms with Crippen LogP contribution in [0.5, 0.6) is 0 Å². The third-order valence-corrected chi connectivity index (χ3v) is 12.0. The number of ketones is 1. The molecule has 9 rings (SSSR count). The van der Waals surface area contributed by atoms with Crippen molar-refractivity contribution in [2.45, 2.75) is 90.2 Å². The lowest BCUT2D eigenvalue weighted by Crippen LogP contribution is -2.92. The van der Waals surface area contributed by atoms with Crippen molar-refractivity contribution in [3.8, 4) is 0 Å². The van der Waals surface area contributed by atoms with Gasteiger partial charge in [-0.1, -0.05) is 26.0 Å². The molecule has 0 amide bonds. The van der Waals surface area contributed by atoms with E-state index in [4.69, 9.17) is 18.9 Å². The zero-order chi connectivity index (χ0) is 25.9. The molecule has 4 heterocycles. The summed E-state index contributed by atoms with van der Waals surface area (Å²) in [7, 11) is 0. The number of carbonyl (C=O) groups excluding carboxylic acids is 1. The minimum Gasteiger partial charge on any atom is -0.468 e. The molecular formula is C30H40O7. The summed E-state index contributed by atoms with van der Waals surface area (Å²) in [6.45, 7) is 12.9. The van der Waals surface area contributed by atoms with E-state index in [9.17, 15) is 15.0 Å². The Morgan fingerprint density at radius 2 is 1.97 bits per heavy atom. The fraction of sp³-hybridized carbons (Fsp3) is 0.833. The Hall–Kier alpha value is -1.25. The highest BCUT2D eigenvalue weighted by atomic mass is 16.8. The van der Waals surface area contributed by atoms with E-state index in [1.807, 2.05) is 0 Å². The largest absolute Gasteiger partial charge is 0.468 e. The lowest BCUT2D eigenvalue weighted by molar-refractivity contribution is -0.499. The van der Waals surface area contributed by atoms with Gasteiger partial charge in [-0.25, -0.2) is 0 Å². The second kappa shape index (κ2) is 6.72. The standard InChI is InChI=1S/C30H40O7/c1-14-17-8-9-18-28-13-35-30(37-27(4,5)33,29(18)20(17)19(14)22(29)31)23(32)21(28)26(2,3)12-16-11-15-7-6-10-34-25(15)36-24(16)28/h15,17-21,23,25,32-33H,1,6-13H2,2-5H3/t15-,17+,18+,19?,20+,21-,23+,25+,28+,29-,30+/m1/s1. The van der Waals surface area contributed by atoms with Crippen molar-refractivity contribution in [2.75, 3.05) is 13.2 Å². The smallest absolute Gasteiger partial charge is 0.211 e. The fourth-order valence-electron chi connectivity index (χ4n) is 11.3. The molecule has 202 valence electrons. The van der Waals surface area contributed by atoms with E-state index in [0.29, 0.717) is 19.1 Å². The first kappa shape index (κ1) is 23.6. The first-order valence-corrected chi connectivity index (χ1v) is 14.4. The highest BCUT2D eigenvalue weighted by molar-refractivity contribution is 6.01. The van der Waals surface area contributed by atoms with Crippen LogP contribution in [0.25, 0.3) is 0 Å². The molecule has 2 N–H and O–H groups in total. The molecule has 5 aliphatic carbocycles. The Labute approximate surface area is 218 Å². The fourth-order valence-corrected chi connectivity index (χ4v) is 11.3. The minimum absolute atomic E-state index is 0.0257. The van der Waals surface area contributed by atoms with Gasteiger partial charge in [0.25, 0.3) is 0 Å². The van der Waals surface area contributed by atoms with Crippen LogP contribution in [0.15, 0.2) is 23.5 Å². The number of aliphatic hydroxyl groups is 2.